The summed E-state index contributed by atoms with van der Waals surface area (Å²) < 4.78 is 22.7. The summed E-state index contributed by atoms with van der Waals surface area (Å²) in [6.45, 7) is 0. The van der Waals surface area contributed by atoms with Crippen molar-refractivity contribution in [3.05, 3.63) is 56.1 Å². The second-order valence-electron chi connectivity index (χ2n) is 5.60. The average Bonchev–Trinajstić information content (AvgIpc) is 3.10. The smallest absolute Gasteiger partial charge is 0.153 e. The Morgan fingerprint density at radius 2 is 1.96 bits per heavy atom. The predicted molar refractivity (Wildman–Crippen MR) is 101 cm³/mol. The van der Waals surface area contributed by atoms with E-state index < -0.39 is 9.84 Å². The molecule has 0 saturated carbocycles. The zero-order valence-electron chi connectivity index (χ0n) is 12.8. The first-order valence-corrected chi connectivity index (χ1v) is 10.8. The molecule has 2 heterocycles. The fourth-order valence-corrected chi connectivity index (χ4v) is 4.96. The number of aliphatic imine (C=N–C) groups is 1. The van der Waals surface area contributed by atoms with Crippen molar-refractivity contribution in [2.45, 2.75) is 18.6 Å². The maximum absolute atomic E-state index is 11.4. The molecule has 8 heteroatoms. The van der Waals surface area contributed by atoms with E-state index in [1.54, 1.807) is 6.20 Å². The molecule has 1 aromatic carbocycles. The lowest BCUT2D eigenvalue weighted by molar-refractivity contribution is 0.601. The summed E-state index contributed by atoms with van der Waals surface area (Å²) in [6, 6.07) is 5.43. The highest BCUT2D eigenvalue weighted by Gasteiger charge is 2.18. The van der Waals surface area contributed by atoms with Crippen LogP contribution in [0.3, 0.4) is 0 Å². The van der Waals surface area contributed by atoms with E-state index in [4.69, 9.17) is 23.2 Å². The van der Waals surface area contributed by atoms with Crippen molar-refractivity contribution in [2.75, 3.05) is 6.26 Å². The van der Waals surface area contributed by atoms with Crippen LogP contribution in [0, 0.1) is 0 Å². The Bertz CT molecular complexity index is 926. The number of sulfone groups is 1. The van der Waals surface area contributed by atoms with Crippen molar-refractivity contribution in [3.8, 4) is 0 Å². The molecule has 1 aromatic heterocycles. The molecule has 1 aliphatic heterocycles. The predicted octanol–water partition coefficient (Wildman–Crippen LogP) is 4.42. The van der Waals surface area contributed by atoms with E-state index in [1.807, 2.05) is 23.6 Å². The van der Waals surface area contributed by atoms with Gasteiger partial charge >= 0.3 is 0 Å². The van der Waals surface area contributed by atoms with Gasteiger partial charge in [-0.15, -0.1) is 11.3 Å². The fraction of sp³-hybridized carbons (Fsp3) is 0.250. The molecule has 0 aliphatic carbocycles. The molecular formula is C16H14Cl2N2O2S2. The van der Waals surface area contributed by atoms with Crippen molar-refractivity contribution in [3.63, 3.8) is 0 Å². The third-order valence-corrected chi connectivity index (χ3v) is 6.04. The molecule has 0 N–H and O–H groups in total. The topological polar surface area (TPSA) is 59.4 Å². The molecule has 0 radical (unpaired) electrons. The molecule has 0 amide bonds. The number of allylic oxidation sites excluding steroid dienone is 1. The molecule has 4 nitrogen and oxygen atoms in total. The van der Waals surface area contributed by atoms with Gasteiger partial charge in [0.2, 0.25) is 0 Å². The molecule has 3 rings (SSSR count). The van der Waals surface area contributed by atoms with Gasteiger partial charge in [0.15, 0.2) is 9.84 Å². The van der Waals surface area contributed by atoms with Crippen LogP contribution in [-0.4, -0.2) is 25.4 Å². The standard InChI is InChI=1S/C16H14Cl2N2O2S2/c1-24(21,22)9-16-20-15(8-23-16)10-5-11(19-7-10)6-12-13(17)3-2-4-14(12)18/h2-4,7-8H,5-6,9H2,1H3. The summed E-state index contributed by atoms with van der Waals surface area (Å²) in [7, 11) is -3.08. The van der Waals surface area contributed by atoms with E-state index in [2.05, 4.69) is 9.98 Å². The number of benzene rings is 1. The summed E-state index contributed by atoms with van der Waals surface area (Å²) in [5, 5.41) is 3.72. The summed E-state index contributed by atoms with van der Waals surface area (Å²) in [5.74, 6) is -0.0338. The number of aromatic nitrogens is 1. The number of halogens is 2. The van der Waals surface area contributed by atoms with Crippen LogP contribution in [-0.2, 0) is 22.0 Å². The minimum absolute atomic E-state index is 0.0338. The monoisotopic (exact) mass is 400 g/mol. The van der Waals surface area contributed by atoms with Crippen molar-refractivity contribution in [1.82, 2.24) is 4.98 Å². The maximum atomic E-state index is 11.4. The van der Waals surface area contributed by atoms with Crippen LogP contribution in [0.2, 0.25) is 10.0 Å². The van der Waals surface area contributed by atoms with Gasteiger partial charge in [0.05, 0.1) is 5.69 Å². The molecule has 24 heavy (non-hydrogen) atoms. The fourth-order valence-electron chi connectivity index (χ4n) is 2.40. The quantitative estimate of drug-likeness (QED) is 0.745. The molecule has 0 unspecified atom stereocenters. The van der Waals surface area contributed by atoms with E-state index in [-0.39, 0.29) is 5.75 Å². The largest absolute Gasteiger partial charge is 0.265 e. The van der Waals surface area contributed by atoms with Crippen LogP contribution >= 0.6 is 34.5 Å². The average molecular weight is 401 g/mol. The Morgan fingerprint density at radius 1 is 1.25 bits per heavy atom. The SMILES string of the molecule is CS(=O)(=O)Cc1nc(C2=CN=C(Cc3c(Cl)cccc3Cl)C2)cs1. The van der Waals surface area contributed by atoms with Gasteiger partial charge in [0.1, 0.15) is 10.8 Å². The summed E-state index contributed by atoms with van der Waals surface area (Å²) in [4.78, 5) is 8.84. The van der Waals surface area contributed by atoms with E-state index in [0.717, 1.165) is 22.5 Å². The Kier molecular flexibility index (Phi) is 5.11. The number of thiazole rings is 1. The van der Waals surface area contributed by atoms with Gasteiger partial charge in [-0.1, -0.05) is 29.3 Å². The first-order chi connectivity index (χ1) is 11.3. The van der Waals surface area contributed by atoms with Gasteiger partial charge in [0.25, 0.3) is 0 Å². The van der Waals surface area contributed by atoms with Crippen LogP contribution in [0.4, 0.5) is 0 Å². The summed E-state index contributed by atoms with van der Waals surface area (Å²) >= 11 is 13.8. The Labute approximate surface area is 154 Å². The molecular weight excluding hydrogens is 387 g/mol. The highest BCUT2D eigenvalue weighted by molar-refractivity contribution is 7.90. The summed E-state index contributed by atoms with van der Waals surface area (Å²) in [6.07, 6.45) is 4.22. The number of hydrogen-bond donors (Lipinski definition) is 0. The minimum atomic E-state index is -3.08. The summed E-state index contributed by atoms with van der Waals surface area (Å²) in [5.41, 5.74) is 3.58. The van der Waals surface area contributed by atoms with Gasteiger partial charge < -0.3 is 0 Å². The first kappa shape index (κ1) is 17.6. The molecule has 2 aromatic rings. The van der Waals surface area contributed by atoms with Crippen LogP contribution < -0.4 is 0 Å². The second kappa shape index (κ2) is 6.96. The molecule has 126 valence electrons. The number of nitrogens with zero attached hydrogens (tertiary/aromatic N) is 2. The van der Waals surface area contributed by atoms with Gasteiger partial charge in [-0.3, -0.25) is 4.99 Å². The van der Waals surface area contributed by atoms with Crippen LogP contribution in [0.5, 0.6) is 0 Å². The van der Waals surface area contributed by atoms with Crippen molar-refractivity contribution >= 4 is 55.7 Å². The van der Waals surface area contributed by atoms with Gasteiger partial charge in [0, 0.05) is 52.0 Å². The van der Waals surface area contributed by atoms with Crippen molar-refractivity contribution in [1.29, 1.82) is 0 Å². The van der Waals surface area contributed by atoms with Gasteiger partial charge in [-0.25, -0.2) is 13.4 Å². The van der Waals surface area contributed by atoms with Crippen molar-refractivity contribution < 1.29 is 8.42 Å². The third kappa shape index (κ3) is 4.25. The Morgan fingerprint density at radius 3 is 2.62 bits per heavy atom. The Hall–Kier alpha value is -1.21. The zero-order chi connectivity index (χ0) is 17.3. The van der Waals surface area contributed by atoms with E-state index in [0.29, 0.717) is 27.9 Å². The Balaban J connectivity index is 1.69. The second-order valence-corrected chi connectivity index (χ2v) is 9.50. The van der Waals surface area contributed by atoms with Crippen molar-refractivity contribution in [2.24, 2.45) is 4.99 Å². The molecule has 1 aliphatic rings. The zero-order valence-corrected chi connectivity index (χ0v) is 15.9. The normalized spacial score (nSPS) is 14.6. The van der Waals surface area contributed by atoms with E-state index in [1.165, 1.54) is 17.6 Å². The third-order valence-electron chi connectivity index (χ3n) is 3.51. The van der Waals surface area contributed by atoms with Gasteiger partial charge in [-0.05, 0) is 17.7 Å². The number of rotatable bonds is 5. The lowest BCUT2D eigenvalue weighted by atomic mass is 10.0. The molecule has 0 bridgehead atoms. The highest BCUT2D eigenvalue weighted by atomic mass is 35.5. The van der Waals surface area contributed by atoms with Crippen LogP contribution in [0.15, 0.2) is 34.8 Å². The highest BCUT2D eigenvalue weighted by Crippen LogP contribution is 2.30. The molecule has 0 spiro atoms. The van der Waals surface area contributed by atoms with E-state index in [9.17, 15) is 8.42 Å². The lowest BCUT2D eigenvalue weighted by Crippen LogP contribution is -2.03. The first-order valence-electron chi connectivity index (χ1n) is 7.12. The maximum Gasteiger partial charge on any atom is 0.153 e. The lowest BCUT2D eigenvalue weighted by Gasteiger charge is -2.07. The van der Waals surface area contributed by atoms with Crippen LogP contribution in [0.1, 0.15) is 22.7 Å². The molecule has 0 fully saturated rings. The van der Waals surface area contributed by atoms with Crippen LogP contribution in [0.25, 0.3) is 5.57 Å². The minimum Gasteiger partial charge on any atom is -0.265 e. The molecule has 0 atom stereocenters. The van der Waals surface area contributed by atoms with E-state index >= 15 is 0 Å². The molecule has 0 saturated heterocycles. The van der Waals surface area contributed by atoms with Gasteiger partial charge in [-0.2, -0.15) is 0 Å². The number of hydrogen-bond acceptors (Lipinski definition) is 5.